The first kappa shape index (κ1) is 13.2. The van der Waals surface area contributed by atoms with Crippen LogP contribution in [-0.4, -0.2) is 22.1 Å². The molecule has 0 aliphatic carbocycles. The Labute approximate surface area is 114 Å². The van der Waals surface area contributed by atoms with Crippen molar-refractivity contribution in [2.24, 2.45) is 0 Å². The molecule has 0 atom stereocenters. The monoisotopic (exact) mass is 275 g/mol. The van der Waals surface area contributed by atoms with Gasteiger partial charge in [0.1, 0.15) is 12.0 Å². The van der Waals surface area contributed by atoms with Crippen molar-refractivity contribution in [1.29, 1.82) is 0 Å². The molecule has 0 aliphatic heterocycles. The summed E-state index contributed by atoms with van der Waals surface area (Å²) in [5.74, 6) is -0.0241. The van der Waals surface area contributed by atoms with Crippen molar-refractivity contribution in [2.75, 3.05) is 23.0 Å². The number of thioether (sulfide) groups is 1. The molecule has 19 heavy (non-hydrogen) atoms. The van der Waals surface area contributed by atoms with Gasteiger partial charge in [0, 0.05) is 10.5 Å². The van der Waals surface area contributed by atoms with Gasteiger partial charge >= 0.3 is 0 Å². The van der Waals surface area contributed by atoms with Crippen LogP contribution in [0.3, 0.4) is 0 Å². The Morgan fingerprint density at radius 1 is 1.16 bits per heavy atom. The Kier molecular flexibility index (Phi) is 3.86. The normalized spacial score (nSPS) is 10.2. The molecule has 7 heteroatoms. The summed E-state index contributed by atoms with van der Waals surface area (Å²) in [5.41, 5.74) is 12.0. The Morgan fingerprint density at radius 2 is 1.74 bits per heavy atom. The van der Waals surface area contributed by atoms with Crippen molar-refractivity contribution in [2.45, 2.75) is 4.90 Å². The molecule has 98 valence electrons. The highest BCUT2D eigenvalue weighted by Crippen LogP contribution is 2.22. The number of nitrogens with one attached hydrogen (secondary N) is 1. The van der Waals surface area contributed by atoms with Gasteiger partial charge < -0.3 is 16.8 Å². The Balaban J connectivity index is 2.20. The minimum absolute atomic E-state index is 0.140. The number of hydrogen-bond donors (Lipinski definition) is 3. The fraction of sp³-hybridized carbons (Fsp3) is 0.0833. The molecule has 1 aromatic carbocycles. The second-order valence-electron chi connectivity index (χ2n) is 3.70. The summed E-state index contributed by atoms with van der Waals surface area (Å²) in [5, 5.41) is 2.61. The van der Waals surface area contributed by atoms with Crippen LogP contribution < -0.4 is 16.8 Å². The smallest absolute Gasteiger partial charge is 0.255 e. The standard InChI is InChI=1S/C12H13N5OS/c1-19-8-4-2-7(3-5-8)12(18)17-9-10(13)15-6-16-11(9)14/h2-6H,1H3,(H,17,18)(H4,13,14,15,16). The van der Waals surface area contributed by atoms with Crippen LogP contribution >= 0.6 is 11.8 Å². The van der Waals surface area contributed by atoms with Crippen molar-refractivity contribution in [3.63, 3.8) is 0 Å². The number of carbonyl (C=O) groups is 1. The predicted octanol–water partition coefficient (Wildman–Crippen LogP) is 1.62. The van der Waals surface area contributed by atoms with Crippen LogP contribution in [0.1, 0.15) is 10.4 Å². The van der Waals surface area contributed by atoms with Gasteiger partial charge in [0.05, 0.1) is 0 Å². The van der Waals surface area contributed by atoms with Crippen LogP contribution in [-0.2, 0) is 0 Å². The van der Waals surface area contributed by atoms with E-state index in [4.69, 9.17) is 11.5 Å². The highest BCUT2D eigenvalue weighted by atomic mass is 32.2. The van der Waals surface area contributed by atoms with E-state index in [0.29, 0.717) is 5.56 Å². The predicted molar refractivity (Wildman–Crippen MR) is 77.0 cm³/mol. The number of aromatic nitrogens is 2. The van der Waals surface area contributed by atoms with Crippen LogP contribution in [0.4, 0.5) is 17.3 Å². The van der Waals surface area contributed by atoms with Crippen LogP contribution in [0.2, 0.25) is 0 Å². The second-order valence-corrected chi connectivity index (χ2v) is 4.58. The molecule has 2 rings (SSSR count). The van der Waals surface area contributed by atoms with Crippen molar-refractivity contribution in [1.82, 2.24) is 9.97 Å². The minimum atomic E-state index is -0.305. The number of nitrogen functional groups attached to an aromatic ring is 2. The van der Waals surface area contributed by atoms with E-state index in [1.54, 1.807) is 23.9 Å². The van der Waals surface area contributed by atoms with Crippen molar-refractivity contribution in [3.05, 3.63) is 36.2 Å². The van der Waals surface area contributed by atoms with Crippen molar-refractivity contribution in [3.8, 4) is 0 Å². The molecule has 0 unspecified atom stereocenters. The van der Waals surface area contributed by atoms with Gasteiger partial charge in [-0.1, -0.05) is 0 Å². The number of amides is 1. The summed E-state index contributed by atoms with van der Waals surface area (Å²) in [4.78, 5) is 20.7. The van der Waals surface area contributed by atoms with E-state index in [0.717, 1.165) is 4.90 Å². The largest absolute Gasteiger partial charge is 0.382 e. The van der Waals surface area contributed by atoms with E-state index in [-0.39, 0.29) is 23.2 Å². The van der Waals surface area contributed by atoms with E-state index in [1.165, 1.54) is 6.33 Å². The fourth-order valence-electron chi connectivity index (χ4n) is 1.47. The molecule has 1 aromatic heterocycles. The van der Waals surface area contributed by atoms with Gasteiger partial charge in [-0.3, -0.25) is 4.79 Å². The topological polar surface area (TPSA) is 107 Å². The third kappa shape index (κ3) is 2.94. The molecule has 1 heterocycles. The van der Waals surface area contributed by atoms with E-state index in [1.807, 2.05) is 18.4 Å². The van der Waals surface area contributed by atoms with E-state index in [9.17, 15) is 4.79 Å². The summed E-state index contributed by atoms with van der Waals surface area (Å²) in [7, 11) is 0. The Bertz CT molecular complexity index is 579. The molecule has 0 bridgehead atoms. The zero-order chi connectivity index (χ0) is 13.8. The van der Waals surface area contributed by atoms with Gasteiger partial charge in [-0.15, -0.1) is 11.8 Å². The minimum Gasteiger partial charge on any atom is -0.382 e. The van der Waals surface area contributed by atoms with Crippen LogP contribution in [0.5, 0.6) is 0 Å². The summed E-state index contributed by atoms with van der Waals surface area (Å²) in [6.45, 7) is 0. The van der Waals surface area contributed by atoms with Gasteiger partial charge in [-0.05, 0) is 30.5 Å². The van der Waals surface area contributed by atoms with Gasteiger partial charge in [0.15, 0.2) is 11.6 Å². The SMILES string of the molecule is CSc1ccc(C(=O)Nc2c(N)ncnc2N)cc1. The van der Waals surface area contributed by atoms with E-state index < -0.39 is 0 Å². The van der Waals surface area contributed by atoms with Crippen LogP contribution in [0.15, 0.2) is 35.5 Å². The number of carbonyl (C=O) groups excluding carboxylic acids is 1. The lowest BCUT2D eigenvalue weighted by molar-refractivity contribution is 0.102. The Hall–Kier alpha value is -2.28. The third-order valence-electron chi connectivity index (χ3n) is 2.50. The second kappa shape index (κ2) is 5.57. The molecular formula is C12H13N5OS. The maximum atomic E-state index is 12.0. The Morgan fingerprint density at radius 3 is 2.26 bits per heavy atom. The molecule has 0 saturated heterocycles. The average molecular weight is 275 g/mol. The third-order valence-corrected chi connectivity index (χ3v) is 3.24. The van der Waals surface area contributed by atoms with Crippen molar-refractivity contribution >= 4 is 35.0 Å². The molecule has 0 aliphatic rings. The number of nitrogens with zero attached hydrogens (tertiary/aromatic N) is 2. The highest BCUT2D eigenvalue weighted by molar-refractivity contribution is 7.98. The zero-order valence-electron chi connectivity index (χ0n) is 10.3. The van der Waals surface area contributed by atoms with Crippen LogP contribution in [0, 0.1) is 0 Å². The van der Waals surface area contributed by atoms with Crippen LogP contribution in [0.25, 0.3) is 0 Å². The number of nitrogens with two attached hydrogens (primary N) is 2. The highest BCUT2D eigenvalue weighted by Gasteiger charge is 2.12. The van der Waals surface area contributed by atoms with E-state index in [2.05, 4.69) is 15.3 Å². The maximum absolute atomic E-state index is 12.0. The number of anilines is 3. The summed E-state index contributed by atoms with van der Waals surface area (Å²) >= 11 is 1.61. The first-order valence-electron chi connectivity index (χ1n) is 5.43. The lowest BCUT2D eigenvalue weighted by Crippen LogP contribution is -2.15. The van der Waals surface area contributed by atoms with Crippen molar-refractivity contribution < 1.29 is 4.79 Å². The quantitative estimate of drug-likeness (QED) is 0.735. The fourth-order valence-corrected chi connectivity index (χ4v) is 1.88. The van der Waals surface area contributed by atoms with Gasteiger partial charge in [0.25, 0.3) is 5.91 Å². The van der Waals surface area contributed by atoms with Gasteiger partial charge in [-0.2, -0.15) is 0 Å². The molecule has 1 amide bonds. The lowest BCUT2D eigenvalue weighted by atomic mass is 10.2. The molecule has 6 nitrogen and oxygen atoms in total. The molecule has 0 saturated carbocycles. The zero-order valence-corrected chi connectivity index (χ0v) is 11.1. The molecule has 2 aromatic rings. The number of rotatable bonds is 3. The molecule has 0 spiro atoms. The van der Waals surface area contributed by atoms with Gasteiger partial charge in [0.2, 0.25) is 0 Å². The molecular weight excluding hydrogens is 262 g/mol. The molecule has 0 radical (unpaired) electrons. The first-order chi connectivity index (χ1) is 9.11. The lowest BCUT2D eigenvalue weighted by Gasteiger charge is -2.09. The average Bonchev–Trinajstić information content (AvgIpc) is 2.43. The van der Waals surface area contributed by atoms with E-state index >= 15 is 0 Å². The summed E-state index contributed by atoms with van der Waals surface area (Å²) in [6.07, 6.45) is 3.21. The summed E-state index contributed by atoms with van der Waals surface area (Å²) in [6, 6.07) is 7.20. The number of hydrogen-bond acceptors (Lipinski definition) is 6. The van der Waals surface area contributed by atoms with Gasteiger partial charge in [-0.25, -0.2) is 9.97 Å². The maximum Gasteiger partial charge on any atom is 0.255 e. The number of benzene rings is 1. The summed E-state index contributed by atoms with van der Waals surface area (Å²) < 4.78 is 0. The first-order valence-corrected chi connectivity index (χ1v) is 6.65. The molecule has 0 fully saturated rings. The molecule has 5 N–H and O–H groups in total.